The van der Waals surface area contributed by atoms with E-state index < -0.39 is 0 Å². The third-order valence-electron chi connectivity index (χ3n) is 4.40. The van der Waals surface area contributed by atoms with Crippen molar-refractivity contribution < 1.29 is 9.59 Å². The number of carbonyl (C=O) groups is 2. The summed E-state index contributed by atoms with van der Waals surface area (Å²) in [6.45, 7) is 6.42. The molecule has 1 saturated heterocycles. The van der Waals surface area contributed by atoms with Crippen molar-refractivity contribution >= 4 is 11.8 Å². The van der Waals surface area contributed by atoms with Crippen LogP contribution in [0.4, 0.5) is 0 Å². The molecule has 2 amide bonds. The smallest absolute Gasteiger partial charge is 0.227 e. The molecule has 0 bridgehead atoms. The molecule has 2 N–H and O–H groups in total. The van der Waals surface area contributed by atoms with Gasteiger partial charge in [-0.1, -0.05) is 24.3 Å². The summed E-state index contributed by atoms with van der Waals surface area (Å²) in [6, 6.07) is 8.02. The van der Waals surface area contributed by atoms with Crippen LogP contribution in [0.1, 0.15) is 30.9 Å². The number of nitrogens with two attached hydrogens (primary N) is 1. The maximum absolute atomic E-state index is 12.4. The van der Waals surface area contributed by atoms with Crippen LogP contribution in [0.2, 0.25) is 0 Å². The molecule has 1 aromatic carbocycles. The van der Waals surface area contributed by atoms with Crippen molar-refractivity contribution in [1.29, 1.82) is 0 Å². The van der Waals surface area contributed by atoms with Gasteiger partial charge in [-0.25, -0.2) is 0 Å². The van der Waals surface area contributed by atoms with Gasteiger partial charge in [0.15, 0.2) is 0 Å². The molecule has 0 radical (unpaired) electrons. The number of aryl methyl sites for hydroxylation is 1. The van der Waals surface area contributed by atoms with Gasteiger partial charge >= 0.3 is 0 Å². The number of benzene rings is 1. The van der Waals surface area contributed by atoms with E-state index in [4.69, 9.17) is 5.73 Å². The van der Waals surface area contributed by atoms with Gasteiger partial charge in [-0.15, -0.1) is 0 Å². The number of rotatable bonds is 5. The highest BCUT2D eigenvalue weighted by atomic mass is 16.2. The van der Waals surface area contributed by atoms with Crippen LogP contribution in [0, 0.1) is 6.92 Å². The quantitative estimate of drug-likeness (QED) is 0.891. The van der Waals surface area contributed by atoms with Crippen molar-refractivity contribution in [1.82, 2.24) is 9.80 Å². The summed E-state index contributed by atoms with van der Waals surface area (Å²) in [4.78, 5) is 28.2. The number of hydrogen-bond donors (Lipinski definition) is 1. The van der Waals surface area contributed by atoms with Crippen molar-refractivity contribution in [2.24, 2.45) is 5.73 Å². The molecule has 5 nitrogen and oxygen atoms in total. The summed E-state index contributed by atoms with van der Waals surface area (Å²) in [6.07, 6.45) is 1.64. The first-order valence-corrected chi connectivity index (χ1v) is 8.33. The minimum absolute atomic E-state index is 0.0518. The molecule has 1 aliphatic heterocycles. The molecule has 5 heteroatoms. The number of carbonyl (C=O) groups excluding carboxylic acids is 2. The maximum Gasteiger partial charge on any atom is 0.227 e. The summed E-state index contributed by atoms with van der Waals surface area (Å²) < 4.78 is 0. The van der Waals surface area contributed by atoms with E-state index in [0.29, 0.717) is 45.4 Å². The number of nitrogens with zero attached hydrogens (tertiary/aromatic N) is 2. The Morgan fingerprint density at radius 2 is 1.65 bits per heavy atom. The largest absolute Gasteiger partial charge is 0.339 e. The van der Waals surface area contributed by atoms with Gasteiger partial charge in [0, 0.05) is 38.6 Å². The molecule has 1 aromatic rings. The van der Waals surface area contributed by atoms with Gasteiger partial charge in [-0.3, -0.25) is 9.59 Å². The van der Waals surface area contributed by atoms with Crippen molar-refractivity contribution in [2.45, 2.75) is 39.2 Å². The topological polar surface area (TPSA) is 66.6 Å². The predicted molar refractivity (Wildman–Crippen MR) is 90.9 cm³/mol. The summed E-state index contributed by atoms with van der Waals surface area (Å²) >= 11 is 0. The van der Waals surface area contributed by atoms with E-state index in [9.17, 15) is 9.59 Å². The monoisotopic (exact) mass is 317 g/mol. The maximum atomic E-state index is 12.4. The van der Waals surface area contributed by atoms with Gasteiger partial charge in [-0.05, 0) is 31.4 Å². The van der Waals surface area contributed by atoms with Gasteiger partial charge in [0.25, 0.3) is 0 Å². The van der Waals surface area contributed by atoms with E-state index in [1.165, 1.54) is 0 Å². The van der Waals surface area contributed by atoms with Crippen molar-refractivity contribution in [2.75, 3.05) is 26.2 Å². The fraction of sp³-hybridized carbons (Fsp3) is 0.556. The Labute approximate surface area is 138 Å². The van der Waals surface area contributed by atoms with E-state index in [1.54, 1.807) is 0 Å². The first kappa shape index (κ1) is 17.5. The van der Waals surface area contributed by atoms with Crippen LogP contribution in [0.5, 0.6) is 0 Å². The predicted octanol–water partition coefficient (Wildman–Crippen LogP) is 1.34. The first-order chi connectivity index (χ1) is 11.0. The highest BCUT2D eigenvalue weighted by molar-refractivity contribution is 5.80. The first-order valence-electron chi connectivity index (χ1n) is 8.33. The molecule has 1 heterocycles. The second kappa shape index (κ2) is 8.11. The van der Waals surface area contributed by atoms with Crippen LogP contribution in [-0.4, -0.2) is 53.8 Å². The minimum Gasteiger partial charge on any atom is -0.339 e. The van der Waals surface area contributed by atoms with Crippen molar-refractivity contribution in [3.8, 4) is 0 Å². The molecule has 1 atom stereocenters. The molecular formula is C18H27N3O2. The third-order valence-corrected chi connectivity index (χ3v) is 4.40. The number of hydrogen-bond acceptors (Lipinski definition) is 3. The SMILES string of the molecule is Cc1ccccc1CC(=O)N1CCN(C(=O)CCC(C)N)CC1. The molecule has 23 heavy (non-hydrogen) atoms. The van der Waals surface area contributed by atoms with Crippen molar-refractivity contribution in [3.63, 3.8) is 0 Å². The second-order valence-electron chi connectivity index (χ2n) is 6.38. The number of piperazine rings is 1. The van der Waals surface area contributed by atoms with Crippen molar-refractivity contribution in [3.05, 3.63) is 35.4 Å². The lowest BCUT2D eigenvalue weighted by atomic mass is 10.1. The lowest BCUT2D eigenvalue weighted by Crippen LogP contribution is -2.51. The Kier molecular flexibility index (Phi) is 6.16. The molecule has 0 aromatic heterocycles. The lowest BCUT2D eigenvalue weighted by molar-refractivity contribution is -0.139. The summed E-state index contributed by atoms with van der Waals surface area (Å²) in [7, 11) is 0. The fourth-order valence-electron chi connectivity index (χ4n) is 2.80. The zero-order valence-corrected chi connectivity index (χ0v) is 14.1. The van der Waals surface area contributed by atoms with Crippen LogP contribution in [0.15, 0.2) is 24.3 Å². The van der Waals surface area contributed by atoms with Crippen LogP contribution in [-0.2, 0) is 16.0 Å². The Morgan fingerprint density at radius 1 is 1.09 bits per heavy atom. The Balaban J connectivity index is 1.81. The highest BCUT2D eigenvalue weighted by Crippen LogP contribution is 2.12. The molecule has 0 spiro atoms. The molecule has 0 aliphatic carbocycles. The van der Waals surface area contributed by atoms with Gasteiger partial charge in [0.05, 0.1) is 6.42 Å². The normalized spacial score (nSPS) is 16.3. The van der Waals surface area contributed by atoms with E-state index in [-0.39, 0.29) is 17.9 Å². The van der Waals surface area contributed by atoms with E-state index in [2.05, 4.69) is 0 Å². The van der Waals surface area contributed by atoms with E-state index in [0.717, 1.165) is 11.1 Å². The van der Waals surface area contributed by atoms with Crippen LogP contribution < -0.4 is 5.73 Å². The highest BCUT2D eigenvalue weighted by Gasteiger charge is 2.24. The van der Waals surface area contributed by atoms with E-state index in [1.807, 2.05) is 47.9 Å². The fourth-order valence-corrected chi connectivity index (χ4v) is 2.80. The van der Waals surface area contributed by atoms with Gasteiger partial charge in [0.1, 0.15) is 0 Å². The molecule has 1 fully saturated rings. The number of amides is 2. The minimum atomic E-state index is 0.0518. The van der Waals surface area contributed by atoms with Gasteiger partial charge in [0.2, 0.25) is 11.8 Å². The zero-order chi connectivity index (χ0) is 16.8. The zero-order valence-electron chi connectivity index (χ0n) is 14.1. The lowest BCUT2D eigenvalue weighted by Gasteiger charge is -2.35. The van der Waals surface area contributed by atoms with Crippen LogP contribution in [0.25, 0.3) is 0 Å². The summed E-state index contributed by atoms with van der Waals surface area (Å²) in [5, 5.41) is 0. The summed E-state index contributed by atoms with van der Waals surface area (Å²) in [5.74, 6) is 0.287. The Bertz CT molecular complexity index is 549. The molecule has 1 unspecified atom stereocenters. The molecule has 2 rings (SSSR count). The molecule has 1 aliphatic rings. The van der Waals surface area contributed by atoms with E-state index >= 15 is 0 Å². The third kappa shape index (κ3) is 5.06. The average molecular weight is 317 g/mol. The average Bonchev–Trinajstić information content (AvgIpc) is 2.54. The second-order valence-corrected chi connectivity index (χ2v) is 6.38. The van der Waals surface area contributed by atoms with Crippen LogP contribution >= 0.6 is 0 Å². The molecular weight excluding hydrogens is 290 g/mol. The van der Waals surface area contributed by atoms with Crippen LogP contribution in [0.3, 0.4) is 0 Å². The van der Waals surface area contributed by atoms with Gasteiger partial charge < -0.3 is 15.5 Å². The standard InChI is InChI=1S/C18H27N3O2/c1-14-5-3-4-6-16(14)13-18(23)21-11-9-20(10-12-21)17(22)8-7-15(2)19/h3-6,15H,7-13,19H2,1-2H3. The molecule has 126 valence electrons. The Hall–Kier alpha value is -1.88. The van der Waals surface area contributed by atoms with Gasteiger partial charge in [-0.2, -0.15) is 0 Å². The summed E-state index contributed by atoms with van der Waals surface area (Å²) in [5.41, 5.74) is 7.91. The Morgan fingerprint density at radius 3 is 2.22 bits per heavy atom. The molecule has 0 saturated carbocycles.